The number of nitrogens with zero attached hydrogens (tertiary/aromatic N) is 2. The molecule has 4 atom stereocenters. The Morgan fingerprint density at radius 1 is 1.45 bits per heavy atom. The van der Waals surface area contributed by atoms with E-state index >= 15 is 0 Å². The highest BCUT2D eigenvalue weighted by atomic mass is 32.1. The van der Waals surface area contributed by atoms with Gasteiger partial charge < -0.3 is 10.4 Å². The van der Waals surface area contributed by atoms with Crippen molar-refractivity contribution in [2.24, 2.45) is 28.3 Å². The topological polar surface area (TPSA) is 47.9 Å². The van der Waals surface area contributed by atoms with E-state index in [0.717, 1.165) is 12.1 Å². The summed E-state index contributed by atoms with van der Waals surface area (Å²) < 4.78 is 0. The van der Waals surface area contributed by atoms with Crippen LogP contribution in [0.25, 0.3) is 0 Å². The number of hydrogen-bond donors (Lipinski definition) is 2. The fraction of sp³-hybridized carbons (Fsp3) is 0.867. The van der Waals surface area contributed by atoms with Gasteiger partial charge in [0.05, 0.1) is 5.92 Å². The predicted octanol–water partition coefficient (Wildman–Crippen LogP) is 2.33. The lowest BCUT2D eigenvalue weighted by atomic mass is 9.84. The van der Waals surface area contributed by atoms with E-state index in [4.69, 9.17) is 12.2 Å². The van der Waals surface area contributed by atoms with Crippen molar-refractivity contribution >= 4 is 23.0 Å². The lowest BCUT2D eigenvalue weighted by Gasteiger charge is -2.38. The third kappa shape index (κ3) is 1.75. The Morgan fingerprint density at radius 3 is 2.60 bits per heavy atom. The van der Waals surface area contributed by atoms with Gasteiger partial charge in [0.25, 0.3) is 0 Å². The SMILES string of the molecule is CC1=NN(C(=S)NC(C)(C)C)C2(O)CC3C(C12)C3(C)C. The minimum Gasteiger partial charge on any atom is -0.368 e. The van der Waals surface area contributed by atoms with Gasteiger partial charge >= 0.3 is 0 Å². The van der Waals surface area contributed by atoms with E-state index in [9.17, 15) is 5.11 Å². The Balaban J connectivity index is 1.85. The molecule has 112 valence electrons. The third-order valence-corrected chi connectivity index (χ3v) is 5.54. The maximum Gasteiger partial charge on any atom is 0.192 e. The van der Waals surface area contributed by atoms with Crippen LogP contribution in [0.15, 0.2) is 5.10 Å². The summed E-state index contributed by atoms with van der Waals surface area (Å²) in [7, 11) is 0. The lowest BCUT2D eigenvalue weighted by molar-refractivity contribution is -0.0864. The number of rotatable bonds is 0. The van der Waals surface area contributed by atoms with Gasteiger partial charge in [-0.1, -0.05) is 13.8 Å². The van der Waals surface area contributed by atoms with Gasteiger partial charge in [-0.3, -0.25) is 0 Å². The monoisotopic (exact) mass is 295 g/mol. The van der Waals surface area contributed by atoms with Gasteiger partial charge in [0.2, 0.25) is 0 Å². The lowest BCUT2D eigenvalue weighted by Crippen LogP contribution is -2.56. The molecule has 1 heterocycles. The summed E-state index contributed by atoms with van der Waals surface area (Å²) in [6.45, 7) is 12.8. The number of hydrazone groups is 1. The van der Waals surface area contributed by atoms with Crippen molar-refractivity contribution in [3.8, 4) is 0 Å². The molecule has 2 N–H and O–H groups in total. The Morgan fingerprint density at radius 2 is 2.05 bits per heavy atom. The summed E-state index contributed by atoms with van der Waals surface area (Å²) in [5, 5.41) is 21.2. The summed E-state index contributed by atoms with van der Waals surface area (Å²) in [6, 6.07) is 0. The highest BCUT2D eigenvalue weighted by molar-refractivity contribution is 7.80. The number of aliphatic hydroxyl groups is 1. The van der Waals surface area contributed by atoms with Gasteiger partial charge in [-0.15, -0.1) is 0 Å². The number of thiocarbonyl (C=S) groups is 1. The van der Waals surface area contributed by atoms with E-state index < -0.39 is 5.72 Å². The van der Waals surface area contributed by atoms with Crippen molar-refractivity contribution in [3.63, 3.8) is 0 Å². The first-order valence-corrected chi connectivity index (χ1v) is 7.79. The summed E-state index contributed by atoms with van der Waals surface area (Å²) in [5.74, 6) is 1.25. The normalized spacial score (nSPS) is 41.0. The molecule has 0 amide bonds. The molecule has 2 saturated carbocycles. The van der Waals surface area contributed by atoms with Gasteiger partial charge in [-0.05, 0) is 57.2 Å². The van der Waals surface area contributed by atoms with Gasteiger partial charge in [-0.2, -0.15) is 5.10 Å². The summed E-state index contributed by atoms with van der Waals surface area (Å²) in [5.41, 5.74) is 0.312. The van der Waals surface area contributed by atoms with Crippen LogP contribution in [0.2, 0.25) is 0 Å². The largest absolute Gasteiger partial charge is 0.368 e. The van der Waals surface area contributed by atoms with E-state index in [1.165, 1.54) is 0 Å². The third-order valence-electron chi connectivity index (χ3n) is 5.27. The quantitative estimate of drug-likeness (QED) is 0.673. The van der Waals surface area contributed by atoms with Crippen LogP contribution in [0.1, 0.15) is 48.0 Å². The van der Waals surface area contributed by atoms with Crippen LogP contribution < -0.4 is 5.32 Å². The van der Waals surface area contributed by atoms with Crippen molar-refractivity contribution in [3.05, 3.63) is 0 Å². The summed E-state index contributed by atoms with van der Waals surface area (Å²) in [6.07, 6.45) is 0.766. The first kappa shape index (κ1) is 14.3. The van der Waals surface area contributed by atoms with E-state index in [1.807, 2.05) is 6.92 Å². The Kier molecular flexibility index (Phi) is 2.67. The maximum absolute atomic E-state index is 11.1. The average Bonchev–Trinajstić information content (AvgIpc) is 2.56. The molecular weight excluding hydrogens is 270 g/mol. The highest BCUT2D eigenvalue weighted by Gasteiger charge is 2.75. The van der Waals surface area contributed by atoms with Gasteiger partial charge in [0, 0.05) is 17.7 Å². The fourth-order valence-corrected chi connectivity index (χ4v) is 4.80. The number of hydrogen-bond acceptors (Lipinski definition) is 3. The van der Waals surface area contributed by atoms with Crippen LogP contribution in [0.5, 0.6) is 0 Å². The standard InChI is InChI=1S/C15H25N3OS/c1-8-10-11-9(14(11,5)6)7-15(10,19)18(17-8)12(20)16-13(2,3)4/h9-11,19H,7H2,1-6H3,(H,16,20). The molecular formula is C15H25N3OS. The predicted molar refractivity (Wildman–Crippen MR) is 84.3 cm³/mol. The maximum atomic E-state index is 11.1. The molecule has 0 aromatic rings. The molecule has 3 rings (SSSR count). The van der Waals surface area contributed by atoms with Crippen molar-refractivity contribution in [2.45, 2.75) is 59.2 Å². The van der Waals surface area contributed by atoms with Crippen molar-refractivity contribution in [1.29, 1.82) is 0 Å². The number of fused-ring (bicyclic) bond motifs is 3. The first-order valence-electron chi connectivity index (χ1n) is 7.38. The molecule has 0 saturated heterocycles. The Labute approximate surface area is 126 Å². The minimum absolute atomic E-state index is 0.127. The van der Waals surface area contributed by atoms with Gasteiger partial charge in [0.1, 0.15) is 0 Å². The van der Waals surface area contributed by atoms with Crippen molar-refractivity contribution in [1.82, 2.24) is 10.3 Å². The van der Waals surface area contributed by atoms with E-state index in [2.05, 4.69) is 45.0 Å². The van der Waals surface area contributed by atoms with E-state index in [0.29, 0.717) is 22.4 Å². The fourth-order valence-electron chi connectivity index (χ4n) is 4.29. The van der Waals surface area contributed by atoms with Crippen molar-refractivity contribution in [2.75, 3.05) is 0 Å². The average molecular weight is 295 g/mol. The van der Waals surface area contributed by atoms with Crippen molar-refractivity contribution < 1.29 is 5.11 Å². The molecule has 2 aliphatic carbocycles. The second kappa shape index (κ2) is 3.74. The molecule has 0 aromatic heterocycles. The highest BCUT2D eigenvalue weighted by Crippen LogP contribution is 2.73. The molecule has 1 aliphatic heterocycles. The molecule has 4 nitrogen and oxygen atoms in total. The molecule has 0 aromatic carbocycles. The second-order valence-electron chi connectivity index (χ2n) is 8.25. The van der Waals surface area contributed by atoms with Gasteiger partial charge in [0.15, 0.2) is 10.8 Å². The second-order valence-corrected chi connectivity index (χ2v) is 8.63. The zero-order chi connectivity index (χ0) is 15.1. The molecule has 0 spiro atoms. The Bertz CT molecular complexity index is 508. The minimum atomic E-state index is -0.912. The molecule has 20 heavy (non-hydrogen) atoms. The van der Waals surface area contributed by atoms with Gasteiger partial charge in [-0.25, -0.2) is 5.01 Å². The molecule has 3 aliphatic rings. The summed E-state index contributed by atoms with van der Waals surface area (Å²) >= 11 is 5.47. The van der Waals surface area contributed by atoms with Crippen LogP contribution in [0, 0.1) is 23.2 Å². The molecule has 0 radical (unpaired) electrons. The van der Waals surface area contributed by atoms with E-state index in [-0.39, 0.29) is 11.5 Å². The molecule has 4 unspecified atom stereocenters. The molecule has 0 bridgehead atoms. The smallest absolute Gasteiger partial charge is 0.192 e. The molecule has 5 heteroatoms. The molecule has 2 fully saturated rings. The van der Waals surface area contributed by atoms with Crippen LogP contribution in [0.3, 0.4) is 0 Å². The first-order chi connectivity index (χ1) is 8.98. The van der Waals surface area contributed by atoms with E-state index in [1.54, 1.807) is 5.01 Å². The van der Waals surface area contributed by atoms with Crippen LogP contribution in [-0.4, -0.2) is 32.2 Å². The number of nitrogens with one attached hydrogen (secondary N) is 1. The Hall–Kier alpha value is -0.680. The zero-order valence-electron chi connectivity index (χ0n) is 13.2. The van der Waals surface area contributed by atoms with Crippen LogP contribution >= 0.6 is 12.2 Å². The van der Waals surface area contributed by atoms with Crippen LogP contribution in [0.4, 0.5) is 0 Å². The van der Waals surface area contributed by atoms with Crippen LogP contribution in [-0.2, 0) is 0 Å². The summed E-state index contributed by atoms with van der Waals surface area (Å²) in [4.78, 5) is 0. The zero-order valence-corrected chi connectivity index (χ0v) is 14.0.